The zero-order chi connectivity index (χ0) is 25.1. The number of aromatic nitrogens is 4. The standard InChI is InChI=1S/C28H29N5O3/c1-19(22-9-11-23(12-10-22)24-17-29-20(2)30-18-24)33-16-15-28(36-27(33)34,25-7-5-4-6-8-25)14-13-26-32-31-21(3)35-26/h4-12,17-19H,13-16H2,1-3H3/t19-,28+/m0/s1. The Morgan fingerprint density at radius 3 is 2.33 bits per heavy atom. The smallest absolute Gasteiger partial charge is 0.411 e. The van der Waals surface area contributed by atoms with Gasteiger partial charge in [-0.15, -0.1) is 10.2 Å². The maximum Gasteiger partial charge on any atom is 0.411 e. The number of carbonyl (C=O) groups excluding carboxylic acids is 1. The van der Waals surface area contributed by atoms with Crippen LogP contribution in [0.15, 0.2) is 71.4 Å². The first-order valence-electron chi connectivity index (χ1n) is 12.2. The van der Waals surface area contributed by atoms with Crippen LogP contribution in [0.25, 0.3) is 11.1 Å². The fraction of sp³-hybridized carbons (Fsp3) is 0.321. The summed E-state index contributed by atoms with van der Waals surface area (Å²) < 4.78 is 11.8. The molecule has 0 N–H and O–H groups in total. The second-order valence-corrected chi connectivity index (χ2v) is 9.20. The molecule has 0 spiro atoms. The van der Waals surface area contributed by atoms with Gasteiger partial charge in [0.05, 0.1) is 6.04 Å². The highest BCUT2D eigenvalue weighted by Crippen LogP contribution is 2.40. The van der Waals surface area contributed by atoms with Crippen LogP contribution in [0.4, 0.5) is 4.79 Å². The maximum absolute atomic E-state index is 13.4. The number of hydrogen-bond donors (Lipinski definition) is 0. The molecule has 2 aromatic heterocycles. The lowest BCUT2D eigenvalue weighted by atomic mass is 9.84. The summed E-state index contributed by atoms with van der Waals surface area (Å²) in [6.45, 7) is 6.24. The summed E-state index contributed by atoms with van der Waals surface area (Å²) in [5, 5.41) is 8.03. The van der Waals surface area contributed by atoms with Crippen LogP contribution in [-0.2, 0) is 16.8 Å². The van der Waals surface area contributed by atoms with Crippen molar-refractivity contribution in [1.82, 2.24) is 25.1 Å². The van der Waals surface area contributed by atoms with Crippen LogP contribution < -0.4 is 0 Å². The largest absolute Gasteiger partial charge is 0.438 e. The number of amides is 1. The molecule has 8 heteroatoms. The Morgan fingerprint density at radius 1 is 0.972 bits per heavy atom. The average molecular weight is 484 g/mol. The van der Waals surface area contributed by atoms with Gasteiger partial charge in [0.15, 0.2) is 0 Å². The summed E-state index contributed by atoms with van der Waals surface area (Å²) in [5.74, 6) is 1.82. The Hall–Kier alpha value is -4.07. The van der Waals surface area contributed by atoms with E-state index in [0.29, 0.717) is 37.6 Å². The summed E-state index contributed by atoms with van der Waals surface area (Å²) in [7, 11) is 0. The van der Waals surface area contributed by atoms with Gasteiger partial charge in [0.1, 0.15) is 11.4 Å². The van der Waals surface area contributed by atoms with Crippen LogP contribution >= 0.6 is 0 Å². The summed E-state index contributed by atoms with van der Waals surface area (Å²) in [6, 6.07) is 18.0. The first-order chi connectivity index (χ1) is 17.4. The lowest BCUT2D eigenvalue weighted by Gasteiger charge is -2.43. The van der Waals surface area contributed by atoms with Crippen molar-refractivity contribution in [2.24, 2.45) is 0 Å². The maximum atomic E-state index is 13.4. The summed E-state index contributed by atoms with van der Waals surface area (Å²) in [4.78, 5) is 23.7. The van der Waals surface area contributed by atoms with Crippen molar-refractivity contribution in [1.29, 1.82) is 0 Å². The highest BCUT2D eigenvalue weighted by Gasteiger charge is 2.43. The quantitative estimate of drug-likeness (QED) is 0.339. The third-order valence-electron chi connectivity index (χ3n) is 6.86. The second-order valence-electron chi connectivity index (χ2n) is 9.20. The predicted molar refractivity (Wildman–Crippen MR) is 134 cm³/mol. The molecule has 184 valence electrons. The lowest BCUT2D eigenvalue weighted by molar-refractivity contribution is -0.0660. The first kappa shape index (κ1) is 23.7. The second kappa shape index (κ2) is 9.89. The number of rotatable bonds is 7. The molecule has 1 aliphatic heterocycles. The SMILES string of the molecule is Cc1ncc(-c2ccc([C@H](C)N3CC[C@](CCc4nnc(C)o4)(c4ccccc4)OC3=O)cc2)cn1. The van der Waals surface area contributed by atoms with E-state index in [9.17, 15) is 4.79 Å². The van der Waals surface area contributed by atoms with E-state index in [2.05, 4.69) is 20.2 Å². The van der Waals surface area contributed by atoms with Gasteiger partial charge in [-0.1, -0.05) is 54.6 Å². The van der Waals surface area contributed by atoms with Crippen LogP contribution in [0, 0.1) is 13.8 Å². The Bertz CT molecular complexity index is 1320. The number of benzene rings is 2. The molecule has 0 aliphatic carbocycles. The van der Waals surface area contributed by atoms with Gasteiger partial charge in [-0.05, 0) is 30.5 Å². The van der Waals surface area contributed by atoms with Crippen LogP contribution in [0.1, 0.15) is 54.5 Å². The van der Waals surface area contributed by atoms with E-state index in [4.69, 9.17) is 9.15 Å². The van der Waals surface area contributed by atoms with Gasteiger partial charge in [-0.25, -0.2) is 14.8 Å². The number of carbonyl (C=O) groups is 1. The molecule has 1 saturated heterocycles. The Kier molecular flexibility index (Phi) is 6.50. The summed E-state index contributed by atoms with van der Waals surface area (Å²) >= 11 is 0. The fourth-order valence-electron chi connectivity index (χ4n) is 4.71. The van der Waals surface area contributed by atoms with E-state index < -0.39 is 5.60 Å². The van der Waals surface area contributed by atoms with Crippen molar-refractivity contribution in [2.45, 2.75) is 51.7 Å². The number of nitrogens with zero attached hydrogens (tertiary/aromatic N) is 5. The van der Waals surface area contributed by atoms with Gasteiger partial charge in [0, 0.05) is 50.7 Å². The molecule has 0 bridgehead atoms. The molecule has 1 aliphatic rings. The lowest BCUT2D eigenvalue weighted by Crippen LogP contribution is -2.49. The Balaban J connectivity index is 1.32. The van der Waals surface area contributed by atoms with Crippen LogP contribution in [-0.4, -0.2) is 37.7 Å². The van der Waals surface area contributed by atoms with Crippen molar-refractivity contribution < 1.29 is 13.9 Å². The van der Waals surface area contributed by atoms with Crippen molar-refractivity contribution in [2.75, 3.05) is 6.54 Å². The van der Waals surface area contributed by atoms with Gasteiger partial charge in [0.25, 0.3) is 0 Å². The van der Waals surface area contributed by atoms with Gasteiger partial charge >= 0.3 is 6.09 Å². The third kappa shape index (κ3) is 4.84. The van der Waals surface area contributed by atoms with Crippen LogP contribution in [0.2, 0.25) is 0 Å². The van der Waals surface area contributed by atoms with Crippen LogP contribution in [0.3, 0.4) is 0 Å². The predicted octanol–water partition coefficient (Wildman–Crippen LogP) is 5.58. The number of aryl methyl sites for hydroxylation is 3. The Labute approximate surface area is 210 Å². The van der Waals surface area contributed by atoms with Gasteiger partial charge in [-0.3, -0.25) is 0 Å². The van der Waals surface area contributed by atoms with Crippen molar-refractivity contribution in [3.05, 3.63) is 95.7 Å². The molecule has 0 saturated carbocycles. The molecule has 0 unspecified atom stereocenters. The number of ether oxygens (including phenoxy) is 1. The van der Waals surface area contributed by atoms with E-state index in [-0.39, 0.29) is 12.1 Å². The van der Waals surface area contributed by atoms with E-state index in [1.165, 1.54) is 0 Å². The highest BCUT2D eigenvalue weighted by molar-refractivity contribution is 5.70. The van der Waals surface area contributed by atoms with E-state index in [0.717, 1.165) is 28.1 Å². The molecule has 2 atom stereocenters. The third-order valence-corrected chi connectivity index (χ3v) is 6.86. The zero-order valence-corrected chi connectivity index (χ0v) is 20.7. The fourth-order valence-corrected chi connectivity index (χ4v) is 4.71. The Morgan fingerprint density at radius 2 is 1.69 bits per heavy atom. The van der Waals surface area contributed by atoms with Crippen molar-refractivity contribution in [3.8, 4) is 11.1 Å². The highest BCUT2D eigenvalue weighted by atomic mass is 16.6. The van der Waals surface area contributed by atoms with Gasteiger partial charge < -0.3 is 14.1 Å². The zero-order valence-electron chi connectivity index (χ0n) is 20.7. The number of cyclic esters (lactones) is 1. The molecule has 1 fully saturated rings. The van der Waals surface area contributed by atoms with Crippen molar-refractivity contribution in [3.63, 3.8) is 0 Å². The molecule has 1 amide bonds. The topological polar surface area (TPSA) is 94.2 Å². The van der Waals surface area contributed by atoms with E-state index in [1.807, 2.05) is 80.8 Å². The van der Waals surface area contributed by atoms with Crippen molar-refractivity contribution >= 4 is 6.09 Å². The van der Waals surface area contributed by atoms with Gasteiger partial charge in [-0.2, -0.15) is 0 Å². The molecule has 5 rings (SSSR count). The van der Waals surface area contributed by atoms with Crippen LogP contribution in [0.5, 0.6) is 0 Å². The molecule has 4 aromatic rings. The summed E-state index contributed by atoms with van der Waals surface area (Å²) in [5.41, 5.74) is 3.27. The molecule has 3 heterocycles. The van der Waals surface area contributed by atoms with E-state index in [1.54, 1.807) is 11.8 Å². The van der Waals surface area contributed by atoms with Gasteiger partial charge in [0.2, 0.25) is 11.8 Å². The first-order valence-corrected chi connectivity index (χ1v) is 12.2. The molecule has 8 nitrogen and oxygen atoms in total. The monoisotopic (exact) mass is 483 g/mol. The minimum Gasteiger partial charge on any atom is -0.438 e. The normalized spacial score (nSPS) is 18.6. The molecule has 0 radical (unpaired) electrons. The molecular formula is C28H29N5O3. The molecular weight excluding hydrogens is 454 g/mol. The molecule has 36 heavy (non-hydrogen) atoms. The van der Waals surface area contributed by atoms with E-state index >= 15 is 0 Å². The average Bonchev–Trinajstić information content (AvgIpc) is 3.33. The molecule has 2 aromatic carbocycles. The summed E-state index contributed by atoms with van der Waals surface area (Å²) in [6.07, 6.45) is 5.08. The minimum atomic E-state index is -0.744. The minimum absolute atomic E-state index is 0.131. The number of hydrogen-bond acceptors (Lipinski definition) is 7.